The molecule has 0 aliphatic rings. The van der Waals surface area contributed by atoms with Gasteiger partial charge in [0.2, 0.25) is 5.91 Å². The van der Waals surface area contributed by atoms with Crippen molar-refractivity contribution in [1.82, 2.24) is 5.43 Å². The lowest BCUT2D eigenvalue weighted by Crippen LogP contribution is -2.21. The first kappa shape index (κ1) is 9.10. The minimum absolute atomic E-state index is 0.100. The van der Waals surface area contributed by atoms with Gasteiger partial charge in [-0.2, -0.15) is 5.10 Å². The lowest BCUT2D eigenvalue weighted by molar-refractivity contribution is -0.120. The summed E-state index contributed by atoms with van der Waals surface area (Å²) < 4.78 is 0. The van der Waals surface area contributed by atoms with E-state index in [1.165, 1.54) is 6.21 Å². The van der Waals surface area contributed by atoms with E-state index in [-0.39, 0.29) is 11.9 Å². The lowest BCUT2D eigenvalue weighted by Gasteiger charge is -1.95. The highest BCUT2D eigenvalue weighted by Crippen LogP contribution is 1.73. The number of amides is 1. The highest BCUT2D eigenvalue weighted by molar-refractivity contribution is 5.76. The molecule has 10 heavy (non-hydrogen) atoms. The van der Waals surface area contributed by atoms with E-state index in [0.717, 1.165) is 0 Å². The van der Waals surface area contributed by atoms with Gasteiger partial charge in [-0.3, -0.25) is 4.79 Å². The molecule has 4 heteroatoms. The average molecular weight is 143 g/mol. The molecule has 1 unspecified atom stereocenters. The number of nitrogens with zero attached hydrogens (tertiary/aromatic N) is 1. The van der Waals surface area contributed by atoms with Gasteiger partial charge in [0, 0.05) is 18.7 Å². The summed E-state index contributed by atoms with van der Waals surface area (Å²) in [5.41, 5.74) is 7.63. The van der Waals surface area contributed by atoms with E-state index in [9.17, 15) is 4.79 Å². The molecule has 58 valence electrons. The van der Waals surface area contributed by atoms with Crippen LogP contribution in [0.2, 0.25) is 0 Å². The van der Waals surface area contributed by atoms with Gasteiger partial charge in [0.1, 0.15) is 0 Å². The maximum atomic E-state index is 10.5. The molecular weight excluding hydrogens is 130 g/mol. The fraction of sp³-hybridized carbons (Fsp3) is 0.667. The Hall–Kier alpha value is -0.900. The van der Waals surface area contributed by atoms with Crippen LogP contribution in [-0.4, -0.2) is 18.2 Å². The second-order valence-corrected chi connectivity index (χ2v) is 2.03. The van der Waals surface area contributed by atoms with Crippen molar-refractivity contribution in [3.05, 3.63) is 0 Å². The van der Waals surface area contributed by atoms with Crippen molar-refractivity contribution < 1.29 is 4.79 Å². The van der Waals surface area contributed by atoms with Crippen LogP contribution in [0.4, 0.5) is 0 Å². The Balaban J connectivity index is 3.43. The molecule has 0 aliphatic carbocycles. The maximum Gasteiger partial charge on any atom is 0.239 e. The van der Waals surface area contributed by atoms with Crippen LogP contribution in [0.5, 0.6) is 0 Å². The molecule has 0 saturated heterocycles. The van der Waals surface area contributed by atoms with Gasteiger partial charge in [-0.15, -0.1) is 0 Å². The van der Waals surface area contributed by atoms with Crippen molar-refractivity contribution in [1.29, 1.82) is 0 Å². The van der Waals surface area contributed by atoms with Gasteiger partial charge in [-0.25, -0.2) is 5.43 Å². The monoisotopic (exact) mass is 143 g/mol. The average Bonchev–Trinajstić information content (AvgIpc) is 1.87. The smallest absolute Gasteiger partial charge is 0.239 e. The minimum Gasteiger partial charge on any atom is -0.323 e. The molecule has 0 aromatic rings. The van der Waals surface area contributed by atoms with Crippen LogP contribution in [0.1, 0.15) is 20.3 Å². The minimum atomic E-state index is -0.114. The zero-order valence-corrected chi connectivity index (χ0v) is 6.29. The second-order valence-electron chi connectivity index (χ2n) is 2.03. The third kappa shape index (κ3) is 5.24. The van der Waals surface area contributed by atoms with Gasteiger partial charge < -0.3 is 5.73 Å². The number of carbonyl (C=O) groups excluding carboxylic acids is 1. The zero-order valence-electron chi connectivity index (χ0n) is 6.29. The van der Waals surface area contributed by atoms with Crippen molar-refractivity contribution >= 4 is 12.1 Å². The number of hydrogen-bond acceptors (Lipinski definition) is 3. The number of hydrogen-bond donors (Lipinski definition) is 2. The van der Waals surface area contributed by atoms with Gasteiger partial charge in [0.15, 0.2) is 0 Å². The summed E-state index contributed by atoms with van der Waals surface area (Å²) in [5.74, 6) is -0.100. The van der Waals surface area contributed by atoms with E-state index in [4.69, 9.17) is 5.73 Å². The molecule has 4 nitrogen and oxygen atoms in total. The molecule has 1 amide bonds. The Morgan fingerprint density at radius 2 is 2.50 bits per heavy atom. The van der Waals surface area contributed by atoms with E-state index < -0.39 is 0 Å². The first-order valence-corrected chi connectivity index (χ1v) is 3.24. The Morgan fingerprint density at radius 3 is 2.90 bits per heavy atom. The van der Waals surface area contributed by atoms with Crippen molar-refractivity contribution in [2.45, 2.75) is 26.3 Å². The zero-order chi connectivity index (χ0) is 7.98. The van der Waals surface area contributed by atoms with Crippen LogP contribution in [0.15, 0.2) is 5.10 Å². The molecule has 1 atom stereocenters. The highest BCUT2D eigenvalue weighted by Gasteiger charge is 1.90. The molecule has 3 N–H and O–H groups in total. The van der Waals surface area contributed by atoms with Crippen LogP contribution in [0.3, 0.4) is 0 Å². The molecule has 0 radical (unpaired) electrons. The summed E-state index contributed by atoms with van der Waals surface area (Å²) in [7, 11) is 0. The summed E-state index contributed by atoms with van der Waals surface area (Å²) in [6, 6.07) is -0.114. The van der Waals surface area contributed by atoms with E-state index in [0.29, 0.717) is 6.42 Å². The number of hydrazone groups is 1. The van der Waals surface area contributed by atoms with Crippen LogP contribution in [0.25, 0.3) is 0 Å². The van der Waals surface area contributed by atoms with E-state index >= 15 is 0 Å². The molecule has 0 rings (SSSR count). The lowest BCUT2D eigenvalue weighted by atomic mass is 10.4. The van der Waals surface area contributed by atoms with Gasteiger partial charge in [0.05, 0.1) is 0 Å². The fourth-order valence-corrected chi connectivity index (χ4v) is 0.306. The van der Waals surface area contributed by atoms with Gasteiger partial charge >= 0.3 is 0 Å². The summed E-state index contributed by atoms with van der Waals surface area (Å²) in [6.07, 6.45) is 1.92. The normalized spacial score (nSPS) is 13.5. The molecule has 0 heterocycles. The molecule has 0 saturated carbocycles. The predicted molar refractivity (Wildman–Crippen MR) is 40.6 cm³/mol. The van der Waals surface area contributed by atoms with Gasteiger partial charge in [-0.05, 0) is 6.92 Å². The largest absolute Gasteiger partial charge is 0.323 e. The number of nitrogens with one attached hydrogen (secondary N) is 1. The first-order valence-electron chi connectivity index (χ1n) is 3.24. The Bertz CT molecular complexity index is 131. The Kier molecular flexibility index (Phi) is 4.49. The van der Waals surface area contributed by atoms with Crippen LogP contribution >= 0.6 is 0 Å². The van der Waals surface area contributed by atoms with Gasteiger partial charge in [0.25, 0.3) is 0 Å². The Labute approximate surface area is 60.5 Å². The molecule has 0 aromatic carbocycles. The van der Waals surface area contributed by atoms with Crippen LogP contribution in [0, 0.1) is 0 Å². The quantitative estimate of drug-likeness (QED) is 0.426. The van der Waals surface area contributed by atoms with E-state index in [2.05, 4.69) is 10.5 Å². The summed E-state index contributed by atoms with van der Waals surface area (Å²) in [6.45, 7) is 3.54. The van der Waals surface area contributed by atoms with E-state index in [1.807, 2.05) is 0 Å². The number of rotatable bonds is 3. The van der Waals surface area contributed by atoms with Crippen molar-refractivity contribution in [2.75, 3.05) is 0 Å². The molecule has 0 spiro atoms. The van der Waals surface area contributed by atoms with Gasteiger partial charge in [-0.1, -0.05) is 6.92 Å². The summed E-state index contributed by atoms with van der Waals surface area (Å²) in [4.78, 5) is 10.5. The first-order chi connectivity index (χ1) is 4.66. The van der Waals surface area contributed by atoms with Crippen molar-refractivity contribution in [3.63, 3.8) is 0 Å². The predicted octanol–water partition coefficient (Wildman–Crippen LogP) is -0.154. The number of nitrogens with two attached hydrogens (primary N) is 1. The molecular formula is C6H13N3O. The highest BCUT2D eigenvalue weighted by atomic mass is 16.2. The summed E-state index contributed by atoms with van der Waals surface area (Å²) in [5, 5.41) is 3.59. The topological polar surface area (TPSA) is 67.5 Å². The van der Waals surface area contributed by atoms with Crippen LogP contribution in [-0.2, 0) is 4.79 Å². The SMILES string of the molecule is CCC(=O)N/N=C/C(C)N. The third-order valence-corrected chi connectivity index (χ3v) is 0.820. The Morgan fingerprint density at radius 1 is 1.90 bits per heavy atom. The third-order valence-electron chi connectivity index (χ3n) is 0.820. The standard InChI is InChI=1S/C6H13N3O/c1-3-6(10)9-8-4-5(2)7/h4-5H,3,7H2,1-2H3,(H,9,10)/b8-4+. The second kappa shape index (κ2) is 4.93. The molecule has 0 bridgehead atoms. The molecule has 0 aromatic heterocycles. The van der Waals surface area contributed by atoms with Crippen LogP contribution < -0.4 is 11.2 Å². The van der Waals surface area contributed by atoms with Crippen molar-refractivity contribution in [3.8, 4) is 0 Å². The fourth-order valence-electron chi connectivity index (χ4n) is 0.306. The van der Waals surface area contributed by atoms with E-state index in [1.54, 1.807) is 13.8 Å². The molecule has 0 fully saturated rings. The maximum absolute atomic E-state index is 10.5. The molecule has 0 aliphatic heterocycles. The summed E-state index contributed by atoms with van der Waals surface area (Å²) >= 11 is 0. The van der Waals surface area contributed by atoms with Crippen molar-refractivity contribution in [2.24, 2.45) is 10.8 Å². The number of carbonyl (C=O) groups is 1.